The van der Waals surface area contributed by atoms with Gasteiger partial charge in [-0.2, -0.15) is 5.26 Å². The highest BCUT2D eigenvalue weighted by atomic mass is 79.9. The summed E-state index contributed by atoms with van der Waals surface area (Å²) in [6.07, 6.45) is 0. The third-order valence-corrected chi connectivity index (χ3v) is 8.24. The van der Waals surface area contributed by atoms with Crippen LogP contribution in [0.5, 0.6) is 0 Å². The van der Waals surface area contributed by atoms with Gasteiger partial charge in [0.05, 0.1) is 34.0 Å². The number of nitriles is 1. The normalized spacial score (nSPS) is 16.0. The largest absolute Gasteiger partial charge is 0.353 e. The van der Waals surface area contributed by atoms with Gasteiger partial charge < -0.3 is 10.6 Å². The summed E-state index contributed by atoms with van der Waals surface area (Å²) >= 11 is 9.72. The van der Waals surface area contributed by atoms with Crippen molar-refractivity contribution in [3.63, 3.8) is 0 Å². The lowest BCUT2D eigenvalue weighted by molar-refractivity contribution is -0.114. The smallest absolute Gasteiger partial charge is 0.234 e. The molecule has 166 valence electrons. The number of hydrogen-bond donors (Lipinski definition) is 2. The molecule has 0 spiro atoms. The van der Waals surface area contributed by atoms with Gasteiger partial charge in [-0.25, -0.2) is 0 Å². The molecule has 2 heterocycles. The Morgan fingerprint density at radius 2 is 1.97 bits per heavy atom. The molecule has 0 unspecified atom stereocenters. The lowest BCUT2D eigenvalue weighted by Gasteiger charge is -2.29. The third kappa shape index (κ3) is 5.20. The number of rotatable bonds is 6. The van der Waals surface area contributed by atoms with Crippen LogP contribution < -0.4 is 10.6 Å². The number of anilines is 1. The molecule has 0 bridgehead atoms. The standard InChI is InChI=1S/C23H21Br2N3O2S2/c1-11-5-6-31-22(11)20-16(9-26)23(27-13(3)19(20)14(4)29)32-10-18(30)28-21-12(2)7-15(24)8-17(21)25/h5-8,20,27H,10H2,1-4H3,(H,28,30)/t20-/m1/s1. The number of dihydropyridines is 1. The van der Waals surface area contributed by atoms with Gasteiger partial charge >= 0.3 is 0 Å². The molecule has 1 amide bonds. The highest BCUT2D eigenvalue weighted by molar-refractivity contribution is 9.11. The first-order valence-corrected chi connectivity index (χ1v) is 13.1. The number of allylic oxidation sites excluding steroid dienone is 3. The topological polar surface area (TPSA) is 82.0 Å². The first-order valence-electron chi connectivity index (χ1n) is 9.69. The van der Waals surface area contributed by atoms with Crippen molar-refractivity contribution in [1.82, 2.24) is 5.32 Å². The van der Waals surface area contributed by atoms with Crippen LogP contribution in [0.1, 0.15) is 35.8 Å². The van der Waals surface area contributed by atoms with E-state index in [1.807, 2.05) is 44.4 Å². The Hall–Kier alpha value is -1.86. The number of nitrogens with one attached hydrogen (secondary N) is 2. The van der Waals surface area contributed by atoms with Gasteiger partial charge in [0.15, 0.2) is 5.78 Å². The second kappa shape index (κ2) is 10.4. The molecule has 2 N–H and O–H groups in total. The maximum absolute atomic E-state index is 12.7. The Morgan fingerprint density at radius 3 is 2.53 bits per heavy atom. The van der Waals surface area contributed by atoms with Crippen LogP contribution in [0.2, 0.25) is 0 Å². The molecule has 2 aromatic rings. The molecular formula is C23H21Br2N3O2S2. The molecule has 0 saturated heterocycles. The van der Waals surface area contributed by atoms with Gasteiger partial charge in [-0.1, -0.05) is 27.7 Å². The molecule has 0 aliphatic carbocycles. The molecule has 0 radical (unpaired) electrons. The summed E-state index contributed by atoms with van der Waals surface area (Å²) < 4.78 is 1.71. The van der Waals surface area contributed by atoms with Gasteiger partial charge in [0.2, 0.25) is 5.91 Å². The zero-order valence-corrected chi connectivity index (χ0v) is 22.7. The number of aryl methyl sites for hydroxylation is 2. The molecule has 9 heteroatoms. The number of thioether (sulfide) groups is 1. The van der Waals surface area contributed by atoms with Gasteiger partial charge in [-0.3, -0.25) is 9.59 Å². The Labute approximate surface area is 212 Å². The van der Waals surface area contributed by atoms with Crippen LogP contribution in [0.4, 0.5) is 5.69 Å². The lowest BCUT2D eigenvalue weighted by atomic mass is 9.84. The predicted molar refractivity (Wildman–Crippen MR) is 139 cm³/mol. The monoisotopic (exact) mass is 593 g/mol. The van der Waals surface area contributed by atoms with Crippen LogP contribution in [-0.2, 0) is 9.59 Å². The minimum absolute atomic E-state index is 0.0714. The SMILES string of the molecule is CC(=O)C1=C(C)NC(SCC(=O)Nc2c(C)cc(Br)cc2Br)=C(C#N)[C@H]1c1sccc1C. The molecule has 0 saturated carbocycles. The van der Waals surface area contributed by atoms with E-state index in [1.165, 1.54) is 30.0 Å². The van der Waals surface area contributed by atoms with Crippen LogP contribution in [0.3, 0.4) is 0 Å². The van der Waals surface area contributed by atoms with E-state index in [-0.39, 0.29) is 17.4 Å². The van der Waals surface area contributed by atoms with Crippen molar-refractivity contribution in [3.8, 4) is 6.07 Å². The van der Waals surface area contributed by atoms with Gasteiger partial charge in [0, 0.05) is 25.1 Å². The van der Waals surface area contributed by atoms with Crippen molar-refractivity contribution in [2.75, 3.05) is 11.1 Å². The van der Waals surface area contributed by atoms with Gasteiger partial charge in [0.1, 0.15) is 0 Å². The third-order valence-electron chi connectivity index (χ3n) is 5.05. The lowest BCUT2D eigenvalue weighted by Crippen LogP contribution is -2.27. The van der Waals surface area contributed by atoms with E-state index in [2.05, 4.69) is 48.6 Å². The Bertz CT molecular complexity index is 1190. The minimum atomic E-state index is -0.424. The number of halogens is 2. The molecular weight excluding hydrogens is 574 g/mol. The second-order valence-electron chi connectivity index (χ2n) is 7.39. The van der Waals surface area contributed by atoms with Crippen molar-refractivity contribution in [3.05, 3.63) is 70.4 Å². The van der Waals surface area contributed by atoms with E-state index in [1.54, 1.807) is 0 Å². The minimum Gasteiger partial charge on any atom is -0.353 e. The molecule has 32 heavy (non-hydrogen) atoms. The summed E-state index contributed by atoms with van der Waals surface area (Å²) in [5, 5.41) is 18.7. The molecule has 1 atom stereocenters. The number of hydrogen-bond acceptors (Lipinski definition) is 6. The van der Waals surface area contributed by atoms with Crippen LogP contribution in [0.25, 0.3) is 0 Å². The second-order valence-corrected chi connectivity index (χ2v) is 11.1. The Balaban J connectivity index is 1.87. The van der Waals surface area contributed by atoms with Crippen molar-refractivity contribution in [2.24, 2.45) is 0 Å². The molecule has 1 aromatic carbocycles. The number of thiophene rings is 1. The fraction of sp³-hybridized carbons (Fsp3) is 0.261. The zero-order valence-electron chi connectivity index (χ0n) is 17.9. The number of ketones is 1. The van der Waals surface area contributed by atoms with Crippen LogP contribution in [-0.4, -0.2) is 17.4 Å². The van der Waals surface area contributed by atoms with Crippen molar-refractivity contribution < 1.29 is 9.59 Å². The van der Waals surface area contributed by atoms with Crippen LogP contribution >= 0.6 is 55.0 Å². The van der Waals surface area contributed by atoms with E-state index in [9.17, 15) is 14.9 Å². The fourth-order valence-electron chi connectivity index (χ4n) is 3.61. The van der Waals surface area contributed by atoms with Crippen LogP contribution in [0.15, 0.2) is 54.4 Å². The number of nitrogens with zero attached hydrogens (tertiary/aromatic N) is 1. The van der Waals surface area contributed by atoms with Crippen LogP contribution in [0, 0.1) is 25.2 Å². The first kappa shape index (κ1) is 24.8. The molecule has 1 aromatic heterocycles. The maximum atomic E-state index is 12.7. The molecule has 5 nitrogen and oxygen atoms in total. The van der Waals surface area contributed by atoms with Gasteiger partial charge in [-0.05, 0) is 78.3 Å². The number of amides is 1. The maximum Gasteiger partial charge on any atom is 0.234 e. The van der Waals surface area contributed by atoms with Gasteiger partial charge in [-0.15, -0.1) is 11.3 Å². The van der Waals surface area contributed by atoms with E-state index >= 15 is 0 Å². The summed E-state index contributed by atoms with van der Waals surface area (Å²) in [4.78, 5) is 26.1. The number of carbonyl (C=O) groups is 2. The first-order chi connectivity index (χ1) is 15.1. The quantitative estimate of drug-likeness (QED) is 0.396. The summed E-state index contributed by atoms with van der Waals surface area (Å²) in [5.74, 6) is -0.561. The summed E-state index contributed by atoms with van der Waals surface area (Å²) in [6.45, 7) is 7.26. The Kier molecular flexibility index (Phi) is 8.04. The zero-order chi connectivity index (χ0) is 23.6. The highest BCUT2D eigenvalue weighted by Gasteiger charge is 2.34. The van der Waals surface area contributed by atoms with E-state index in [0.29, 0.717) is 27.6 Å². The summed E-state index contributed by atoms with van der Waals surface area (Å²) in [7, 11) is 0. The number of benzene rings is 1. The molecule has 0 fully saturated rings. The summed E-state index contributed by atoms with van der Waals surface area (Å²) in [5.41, 5.74) is 4.45. The number of carbonyl (C=O) groups excluding carboxylic acids is 2. The van der Waals surface area contributed by atoms with Crippen molar-refractivity contribution >= 4 is 72.3 Å². The van der Waals surface area contributed by atoms with Crippen molar-refractivity contribution in [2.45, 2.75) is 33.6 Å². The van der Waals surface area contributed by atoms with E-state index < -0.39 is 5.92 Å². The highest BCUT2D eigenvalue weighted by Crippen LogP contribution is 2.43. The average molecular weight is 595 g/mol. The molecule has 1 aliphatic rings. The molecule has 3 rings (SSSR count). The van der Waals surface area contributed by atoms with Crippen molar-refractivity contribution in [1.29, 1.82) is 5.26 Å². The number of Topliss-reactive ketones (excluding diaryl/α,β-unsaturated/α-hetero) is 1. The fourth-order valence-corrected chi connectivity index (χ4v) is 7.08. The predicted octanol–water partition coefficient (Wildman–Crippen LogP) is 6.55. The summed E-state index contributed by atoms with van der Waals surface area (Å²) in [6, 6.07) is 8.09. The average Bonchev–Trinajstić information content (AvgIpc) is 3.13. The van der Waals surface area contributed by atoms with E-state index in [4.69, 9.17) is 0 Å². The van der Waals surface area contributed by atoms with Gasteiger partial charge in [0.25, 0.3) is 0 Å². The Morgan fingerprint density at radius 1 is 1.25 bits per heavy atom. The molecule has 1 aliphatic heterocycles. The van der Waals surface area contributed by atoms with E-state index in [0.717, 1.165) is 24.9 Å².